The van der Waals surface area contributed by atoms with Gasteiger partial charge in [0, 0.05) is 5.69 Å². The Morgan fingerprint density at radius 3 is 2.46 bits per heavy atom. The number of aromatic nitrogens is 2. The zero-order valence-electron chi connectivity index (χ0n) is 12.7. The van der Waals surface area contributed by atoms with Crippen LogP contribution in [0.4, 0.5) is 17.3 Å². The van der Waals surface area contributed by atoms with Crippen LogP contribution in [-0.4, -0.2) is 22.3 Å². The zero-order valence-corrected chi connectivity index (χ0v) is 12.7. The molecule has 3 aromatic rings. The van der Waals surface area contributed by atoms with Gasteiger partial charge in [-0.2, -0.15) is 10.2 Å². The van der Waals surface area contributed by atoms with E-state index >= 15 is 0 Å². The lowest BCUT2D eigenvalue weighted by atomic mass is 10.2. The largest absolute Gasteiger partial charge is 0.383 e. The summed E-state index contributed by atoms with van der Waals surface area (Å²) in [6, 6.07) is 18.8. The molecule has 0 radical (unpaired) electrons. The number of amides is 1. The molecule has 0 saturated carbocycles. The average Bonchev–Trinajstić information content (AvgIpc) is 2.97. The van der Waals surface area contributed by atoms with E-state index in [9.17, 15) is 4.79 Å². The van der Waals surface area contributed by atoms with Crippen LogP contribution in [0.3, 0.4) is 0 Å². The van der Waals surface area contributed by atoms with Gasteiger partial charge in [0.1, 0.15) is 11.4 Å². The number of nitrogens with zero attached hydrogens (tertiary/aromatic N) is 2. The highest BCUT2D eigenvalue weighted by Gasteiger charge is 2.18. The SMILES string of the molecule is Nc1[nH]nc(Nc2ccccc2)c1C(=O)N/N=C/c1ccccc1. The number of aromatic amines is 1. The summed E-state index contributed by atoms with van der Waals surface area (Å²) < 4.78 is 0. The highest BCUT2D eigenvalue weighted by Crippen LogP contribution is 2.22. The second-order valence-corrected chi connectivity index (χ2v) is 4.96. The highest BCUT2D eigenvalue weighted by atomic mass is 16.2. The van der Waals surface area contributed by atoms with Crippen molar-refractivity contribution >= 4 is 29.4 Å². The molecule has 0 saturated heterocycles. The van der Waals surface area contributed by atoms with E-state index in [1.165, 1.54) is 0 Å². The number of hydrogen-bond donors (Lipinski definition) is 4. The van der Waals surface area contributed by atoms with Gasteiger partial charge in [-0.25, -0.2) is 5.43 Å². The molecule has 0 aliphatic carbocycles. The summed E-state index contributed by atoms with van der Waals surface area (Å²) in [5.41, 5.74) is 10.1. The van der Waals surface area contributed by atoms with E-state index in [1.807, 2.05) is 60.7 Å². The summed E-state index contributed by atoms with van der Waals surface area (Å²) in [6.45, 7) is 0. The van der Waals surface area contributed by atoms with E-state index in [0.29, 0.717) is 5.82 Å². The number of hydrazone groups is 1. The van der Waals surface area contributed by atoms with E-state index < -0.39 is 5.91 Å². The molecule has 0 bridgehead atoms. The molecule has 1 amide bonds. The zero-order chi connectivity index (χ0) is 16.8. The van der Waals surface area contributed by atoms with Crippen LogP contribution in [0.15, 0.2) is 65.8 Å². The van der Waals surface area contributed by atoms with Crippen LogP contribution in [-0.2, 0) is 0 Å². The van der Waals surface area contributed by atoms with Gasteiger partial charge in [0.05, 0.1) is 6.21 Å². The van der Waals surface area contributed by atoms with E-state index in [2.05, 4.69) is 26.0 Å². The number of nitrogen functional groups attached to an aromatic ring is 1. The molecule has 1 heterocycles. The highest BCUT2D eigenvalue weighted by molar-refractivity contribution is 6.03. The summed E-state index contributed by atoms with van der Waals surface area (Å²) in [6.07, 6.45) is 1.55. The van der Waals surface area contributed by atoms with Gasteiger partial charge in [0.15, 0.2) is 5.82 Å². The summed E-state index contributed by atoms with van der Waals surface area (Å²) in [5.74, 6) is 0.0545. The molecule has 1 aromatic heterocycles. The number of para-hydroxylation sites is 1. The van der Waals surface area contributed by atoms with E-state index in [1.54, 1.807) is 6.21 Å². The minimum Gasteiger partial charge on any atom is -0.383 e. The lowest BCUT2D eigenvalue weighted by Gasteiger charge is -2.05. The third-order valence-corrected chi connectivity index (χ3v) is 3.24. The Labute approximate surface area is 138 Å². The normalized spacial score (nSPS) is 10.7. The minimum atomic E-state index is -0.452. The molecule has 120 valence electrons. The molecular formula is C17H16N6O. The molecule has 7 heteroatoms. The van der Waals surface area contributed by atoms with Gasteiger partial charge in [0.25, 0.3) is 5.91 Å². The first-order chi connectivity index (χ1) is 11.7. The Kier molecular flexibility index (Phi) is 4.52. The quantitative estimate of drug-likeness (QED) is 0.428. The van der Waals surface area contributed by atoms with Crippen molar-refractivity contribution in [3.8, 4) is 0 Å². The van der Waals surface area contributed by atoms with Crippen LogP contribution >= 0.6 is 0 Å². The standard InChI is InChI=1S/C17H16N6O/c18-15-14(16(22-21-15)20-13-9-5-2-6-10-13)17(24)23-19-11-12-7-3-1-4-8-12/h1-11H,(H,23,24)(H4,18,20,21,22)/b19-11+. The predicted octanol–water partition coefficient (Wildman–Crippen LogP) is 2.50. The molecule has 0 atom stereocenters. The average molecular weight is 320 g/mol. The van der Waals surface area contributed by atoms with Crippen LogP contribution < -0.4 is 16.5 Å². The number of rotatable bonds is 5. The second-order valence-electron chi connectivity index (χ2n) is 4.96. The monoisotopic (exact) mass is 320 g/mol. The summed E-state index contributed by atoms with van der Waals surface area (Å²) in [4.78, 5) is 12.3. The Bertz CT molecular complexity index is 842. The van der Waals surface area contributed by atoms with Gasteiger partial charge in [-0.3, -0.25) is 9.89 Å². The molecule has 0 spiro atoms. The van der Waals surface area contributed by atoms with Gasteiger partial charge in [-0.1, -0.05) is 48.5 Å². The van der Waals surface area contributed by atoms with E-state index in [4.69, 9.17) is 5.73 Å². The van der Waals surface area contributed by atoms with Crippen molar-refractivity contribution in [2.75, 3.05) is 11.1 Å². The van der Waals surface area contributed by atoms with E-state index in [-0.39, 0.29) is 11.4 Å². The first kappa shape index (κ1) is 15.3. The Balaban J connectivity index is 1.73. The van der Waals surface area contributed by atoms with Crippen LogP contribution in [0.25, 0.3) is 0 Å². The van der Waals surface area contributed by atoms with Crippen molar-refractivity contribution in [2.45, 2.75) is 0 Å². The third-order valence-electron chi connectivity index (χ3n) is 3.24. The van der Waals surface area contributed by atoms with E-state index in [0.717, 1.165) is 11.3 Å². The van der Waals surface area contributed by atoms with Gasteiger partial charge in [0.2, 0.25) is 0 Å². The molecule has 7 nitrogen and oxygen atoms in total. The smallest absolute Gasteiger partial charge is 0.278 e. The summed E-state index contributed by atoms with van der Waals surface area (Å²) in [5, 5.41) is 13.6. The third kappa shape index (κ3) is 3.58. The molecular weight excluding hydrogens is 304 g/mol. The fourth-order valence-corrected chi connectivity index (χ4v) is 2.09. The van der Waals surface area contributed by atoms with Gasteiger partial charge in [-0.15, -0.1) is 0 Å². The number of benzene rings is 2. The first-order valence-corrected chi connectivity index (χ1v) is 7.28. The maximum absolute atomic E-state index is 12.3. The topological polar surface area (TPSA) is 108 Å². The van der Waals surface area contributed by atoms with Gasteiger partial charge in [-0.05, 0) is 17.7 Å². The molecule has 0 aliphatic heterocycles. The van der Waals surface area contributed by atoms with Crippen molar-refractivity contribution in [2.24, 2.45) is 5.10 Å². The van der Waals surface area contributed by atoms with Gasteiger partial charge >= 0.3 is 0 Å². The lowest BCUT2D eigenvalue weighted by Crippen LogP contribution is -2.19. The van der Waals surface area contributed by atoms with Crippen molar-refractivity contribution in [1.29, 1.82) is 0 Å². The first-order valence-electron chi connectivity index (χ1n) is 7.28. The van der Waals surface area contributed by atoms with Crippen LogP contribution in [0.1, 0.15) is 15.9 Å². The van der Waals surface area contributed by atoms with Crippen LogP contribution in [0, 0.1) is 0 Å². The maximum atomic E-state index is 12.3. The molecule has 3 rings (SSSR count). The summed E-state index contributed by atoms with van der Waals surface area (Å²) >= 11 is 0. The fraction of sp³-hybridized carbons (Fsp3) is 0. The minimum absolute atomic E-state index is 0.167. The van der Waals surface area contributed by atoms with Crippen LogP contribution in [0.2, 0.25) is 0 Å². The summed E-state index contributed by atoms with van der Waals surface area (Å²) in [7, 11) is 0. The molecule has 0 aliphatic rings. The number of H-pyrrole nitrogens is 1. The lowest BCUT2D eigenvalue weighted by molar-refractivity contribution is 0.0957. The number of nitrogens with two attached hydrogens (primary N) is 1. The molecule has 5 N–H and O–H groups in total. The Morgan fingerprint density at radius 1 is 1.08 bits per heavy atom. The number of hydrogen-bond acceptors (Lipinski definition) is 5. The second kappa shape index (κ2) is 7.10. The van der Waals surface area contributed by atoms with Crippen molar-refractivity contribution in [1.82, 2.24) is 15.6 Å². The molecule has 0 fully saturated rings. The molecule has 24 heavy (non-hydrogen) atoms. The van der Waals surface area contributed by atoms with Gasteiger partial charge < -0.3 is 11.1 Å². The number of carbonyl (C=O) groups excluding carboxylic acids is 1. The predicted molar refractivity (Wildman–Crippen MR) is 94.2 cm³/mol. The number of carbonyl (C=O) groups is 1. The maximum Gasteiger partial charge on any atom is 0.278 e. The Morgan fingerprint density at radius 2 is 1.75 bits per heavy atom. The number of nitrogens with one attached hydrogen (secondary N) is 3. The van der Waals surface area contributed by atoms with Crippen molar-refractivity contribution in [3.05, 3.63) is 71.8 Å². The molecule has 0 unspecified atom stereocenters. The molecule has 2 aromatic carbocycles. The Hall–Kier alpha value is -3.61. The fourth-order valence-electron chi connectivity index (χ4n) is 2.09. The van der Waals surface area contributed by atoms with Crippen molar-refractivity contribution < 1.29 is 4.79 Å². The van der Waals surface area contributed by atoms with Crippen molar-refractivity contribution in [3.63, 3.8) is 0 Å². The van der Waals surface area contributed by atoms with Crippen LogP contribution in [0.5, 0.6) is 0 Å². The number of anilines is 3.